The number of aliphatic hydroxyl groups excluding tert-OH is 1. The number of hydrogen-bond donors (Lipinski definition) is 1. The molecular weight excluding hydrogens is 336 g/mol. The molecule has 1 N–H and O–H groups in total. The van der Waals surface area contributed by atoms with Gasteiger partial charge in [-0.15, -0.1) is 0 Å². The molecule has 0 aliphatic carbocycles. The molecule has 27 heavy (non-hydrogen) atoms. The van der Waals surface area contributed by atoms with Crippen molar-refractivity contribution in [1.82, 2.24) is 4.90 Å². The second-order valence-corrected chi connectivity index (χ2v) is 6.72. The Bertz CT molecular complexity index is 926. The molecule has 0 saturated carbocycles. The van der Waals surface area contributed by atoms with Crippen LogP contribution in [0.4, 0.5) is 5.69 Å². The molecule has 1 aliphatic rings. The van der Waals surface area contributed by atoms with Crippen LogP contribution >= 0.6 is 0 Å². The highest BCUT2D eigenvalue weighted by Crippen LogP contribution is 2.33. The van der Waals surface area contributed by atoms with E-state index in [4.69, 9.17) is 4.74 Å². The van der Waals surface area contributed by atoms with E-state index in [9.17, 15) is 5.11 Å². The molecule has 1 heterocycles. The van der Waals surface area contributed by atoms with Crippen LogP contribution in [0.5, 0.6) is 5.75 Å². The fraction of sp³-hybridized carbons (Fsp3) is 0.174. The average molecular weight is 358 g/mol. The smallest absolute Gasteiger partial charge is 0.146 e. The SMILES string of the molecule is C=Nc1cc(-c2ccc(CO)cc2)ccc1OCN1Cc2ccccc2C1. The van der Waals surface area contributed by atoms with E-state index in [1.165, 1.54) is 11.1 Å². The van der Waals surface area contributed by atoms with Crippen molar-refractivity contribution in [2.45, 2.75) is 19.7 Å². The normalized spacial score (nSPS) is 13.4. The molecule has 136 valence electrons. The van der Waals surface area contributed by atoms with E-state index < -0.39 is 0 Å². The second-order valence-electron chi connectivity index (χ2n) is 6.72. The lowest BCUT2D eigenvalue weighted by atomic mass is 10.0. The zero-order chi connectivity index (χ0) is 18.6. The Morgan fingerprint density at radius 1 is 0.926 bits per heavy atom. The number of aliphatic imine (C=N–C) groups is 1. The van der Waals surface area contributed by atoms with Crippen LogP contribution in [0, 0.1) is 0 Å². The molecule has 0 spiro atoms. The summed E-state index contributed by atoms with van der Waals surface area (Å²) < 4.78 is 6.03. The van der Waals surface area contributed by atoms with Gasteiger partial charge in [-0.05, 0) is 46.7 Å². The maximum atomic E-state index is 9.18. The Kier molecular flexibility index (Phi) is 5.01. The van der Waals surface area contributed by atoms with Crippen molar-refractivity contribution in [2.24, 2.45) is 4.99 Å². The molecule has 3 aromatic rings. The third-order valence-corrected chi connectivity index (χ3v) is 4.91. The first-order valence-electron chi connectivity index (χ1n) is 8.99. The topological polar surface area (TPSA) is 45.1 Å². The number of hydrogen-bond acceptors (Lipinski definition) is 4. The van der Waals surface area contributed by atoms with Crippen LogP contribution in [0.25, 0.3) is 11.1 Å². The molecule has 4 heteroatoms. The van der Waals surface area contributed by atoms with Crippen LogP contribution in [-0.2, 0) is 19.7 Å². The highest BCUT2D eigenvalue weighted by atomic mass is 16.5. The van der Waals surface area contributed by atoms with Gasteiger partial charge in [0.2, 0.25) is 0 Å². The van der Waals surface area contributed by atoms with Crippen LogP contribution in [0.3, 0.4) is 0 Å². The van der Waals surface area contributed by atoms with Crippen molar-refractivity contribution < 1.29 is 9.84 Å². The summed E-state index contributed by atoms with van der Waals surface area (Å²) in [6.07, 6.45) is 0. The largest absolute Gasteiger partial charge is 0.476 e. The van der Waals surface area contributed by atoms with Gasteiger partial charge in [-0.3, -0.25) is 9.89 Å². The molecule has 0 amide bonds. The summed E-state index contributed by atoms with van der Waals surface area (Å²) in [5, 5.41) is 9.18. The third kappa shape index (κ3) is 3.77. The highest BCUT2D eigenvalue weighted by molar-refractivity contribution is 5.71. The summed E-state index contributed by atoms with van der Waals surface area (Å²) in [7, 11) is 0. The van der Waals surface area contributed by atoms with Crippen LogP contribution in [0.2, 0.25) is 0 Å². The van der Waals surface area contributed by atoms with E-state index in [1.54, 1.807) is 0 Å². The molecule has 0 unspecified atom stereocenters. The number of aliphatic hydroxyl groups is 1. The fourth-order valence-corrected chi connectivity index (χ4v) is 3.40. The second kappa shape index (κ2) is 7.74. The summed E-state index contributed by atoms with van der Waals surface area (Å²) in [6, 6.07) is 22.3. The maximum Gasteiger partial charge on any atom is 0.146 e. The zero-order valence-electron chi connectivity index (χ0n) is 15.1. The Balaban J connectivity index is 1.46. The Morgan fingerprint density at radius 2 is 1.59 bits per heavy atom. The molecule has 4 nitrogen and oxygen atoms in total. The molecule has 4 rings (SSSR count). The van der Waals surface area contributed by atoms with Crippen LogP contribution in [-0.4, -0.2) is 23.5 Å². The molecular formula is C23H22N2O2. The monoisotopic (exact) mass is 358 g/mol. The molecule has 0 aromatic heterocycles. The summed E-state index contributed by atoms with van der Waals surface area (Å²) in [5.74, 6) is 0.733. The van der Waals surface area contributed by atoms with Crippen LogP contribution < -0.4 is 4.74 Å². The quantitative estimate of drug-likeness (QED) is 0.659. The number of rotatable bonds is 6. The standard InChI is InChI=1S/C23H22N2O2/c1-24-22-12-19(18-8-6-17(15-26)7-9-18)10-11-23(22)27-16-25-13-20-4-2-3-5-21(20)14-25/h2-12,26H,1,13-16H2. The fourth-order valence-electron chi connectivity index (χ4n) is 3.40. The average Bonchev–Trinajstić information content (AvgIpc) is 3.15. The first-order valence-corrected chi connectivity index (χ1v) is 8.99. The van der Waals surface area contributed by atoms with E-state index in [2.05, 4.69) is 40.9 Å². The number of fused-ring (bicyclic) bond motifs is 1. The summed E-state index contributed by atoms with van der Waals surface area (Å²) >= 11 is 0. The maximum absolute atomic E-state index is 9.18. The molecule has 0 atom stereocenters. The van der Waals surface area contributed by atoms with Crippen molar-refractivity contribution in [3.05, 3.63) is 83.4 Å². The van der Waals surface area contributed by atoms with Gasteiger partial charge >= 0.3 is 0 Å². The van der Waals surface area contributed by atoms with E-state index in [0.29, 0.717) is 6.73 Å². The summed E-state index contributed by atoms with van der Waals surface area (Å²) in [5.41, 5.74) is 6.47. The Hall–Kier alpha value is -2.95. The Labute approximate surface area is 159 Å². The van der Waals surface area contributed by atoms with Gasteiger partial charge in [0.25, 0.3) is 0 Å². The molecule has 0 bridgehead atoms. The number of nitrogens with zero attached hydrogens (tertiary/aromatic N) is 2. The predicted molar refractivity (Wildman–Crippen MR) is 108 cm³/mol. The van der Waals surface area contributed by atoms with Crippen molar-refractivity contribution in [3.63, 3.8) is 0 Å². The minimum Gasteiger partial charge on any atom is -0.476 e. The van der Waals surface area contributed by atoms with Crippen LogP contribution in [0.15, 0.2) is 71.7 Å². The number of benzene rings is 3. The Morgan fingerprint density at radius 3 is 2.22 bits per heavy atom. The molecule has 0 fully saturated rings. The number of ether oxygens (including phenoxy) is 1. The molecule has 3 aromatic carbocycles. The van der Waals surface area contributed by atoms with Crippen molar-refractivity contribution in [2.75, 3.05) is 6.73 Å². The van der Waals surface area contributed by atoms with Gasteiger partial charge in [-0.1, -0.05) is 54.6 Å². The predicted octanol–water partition coefficient (Wildman–Crippen LogP) is 4.53. The van der Waals surface area contributed by atoms with Crippen molar-refractivity contribution >= 4 is 12.4 Å². The van der Waals surface area contributed by atoms with E-state index >= 15 is 0 Å². The van der Waals surface area contributed by atoms with Gasteiger partial charge in [0.05, 0.1) is 6.61 Å². The lowest BCUT2D eigenvalue weighted by Crippen LogP contribution is -2.22. The van der Waals surface area contributed by atoms with Gasteiger partial charge < -0.3 is 9.84 Å². The minimum absolute atomic E-state index is 0.0485. The van der Waals surface area contributed by atoms with Gasteiger partial charge in [0.15, 0.2) is 0 Å². The zero-order valence-corrected chi connectivity index (χ0v) is 15.1. The van der Waals surface area contributed by atoms with E-state index in [-0.39, 0.29) is 6.61 Å². The highest BCUT2D eigenvalue weighted by Gasteiger charge is 2.18. The van der Waals surface area contributed by atoms with Gasteiger partial charge in [-0.25, -0.2) is 0 Å². The molecule has 0 saturated heterocycles. The van der Waals surface area contributed by atoms with E-state index in [1.807, 2.05) is 42.5 Å². The molecule has 0 radical (unpaired) electrons. The van der Waals surface area contributed by atoms with E-state index in [0.717, 1.165) is 41.2 Å². The third-order valence-electron chi connectivity index (χ3n) is 4.91. The van der Waals surface area contributed by atoms with Gasteiger partial charge in [0, 0.05) is 13.1 Å². The first kappa shape index (κ1) is 17.5. The van der Waals surface area contributed by atoms with Crippen LogP contribution in [0.1, 0.15) is 16.7 Å². The van der Waals surface area contributed by atoms with Crippen molar-refractivity contribution in [3.8, 4) is 16.9 Å². The van der Waals surface area contributed by atoms with Gasteiger partial charge in [0.1, 0.15) is 18.2 Å². The first-order chi connectivity index (χ1) is 13.3. The summed E-state index contributed by atoms with van der Waals surface area (Å²) in [6.45, 7) is 6.06. The lowest BCUT2D eigenvalue weighted by Gasteiger charge is -2.17. The lowest BCUT2D eigenvalue weighted by molar-refractivity contribution is 0.125. The van der Waals surface area contributed by atoms with Gasteiger partial charge in [-0.2, -0.15) is 0 Å². The summed E-state index contributed by atoms with van der Waals surface area (Å²) in [4.78, 5) is 6.40. The van der Waals surface area contributed by atoms with Crippen molar-refractivity contribution in [1.29, 1.82) is 0 Å². The minimum atomic E-state index is 0.0485. The molecule has 1 aliphatic heterocycles.